The average Bonchev–Trinajstić information content (AvgIpc) is 2.64. The summed E-state index contributed by atoms with van der Waals surface area (Å²) in [5, 5.41) is 3.41. The van der Waals surface area contributed by atoms with Crippen molar-refractivity contribution < 1.29 is 9.53 Å². The average molecular weight is 278 g/mol. The van der Waals surface area contributed by atoms with Crippen molar-refractivity contribution in [2.24, 2.45) is 17.8 Å². The van der Waals surface area contributed by atoms with E-state index in [2.05, 4.69) is 10.2 Å². The van der Waals surface area contributed by atoms with Crippen molar-refractivity contribution in [1.82, 2.24) is 10.2 Å². The van der Waals surface area contributed by atoms with Crippen molar-refractivity contribution in [1.29, 1.82) is 0 Å². The Balaban J connectivity index is 1.43. The highest BCUT2D eigenvalue weighted by Crippen LogP contribution is 2.47. The van der Waals surface area contributed by atoms with E-state index in [1.807, 2.05) is 0 Å². The minimum Gasteiger partial charge on any atom is -0.378 e. The highest BCUT2D eigenvalue weighted by Gasteiger charge is 2.44. The highest BCUT2D eigenvalue weighted by molar-refractivity contribution is 5.77. The van der Waals surface area contributed by atoms with E-state index in [0.29, 0.717) is 25.0 Å². The van der Waals surface area contributed by atoms with Crippen LogP contribution in [0, 0.1) is 17.8 Å². The zero-order chi connectivity index (χ0) is 13.5. The van der Waals surface area contributed by atoms with Gasteiger partial charge in [0.2, 0.25) is 5.91 Å². The molecular weight excluding hydrogens is 252 g/mol. The van der Waals surface area contributed by atoms with Gasteiger partial charge in [-0.05, 0) is 49.9 Å². The maximum absolute atomic E-state index is 12.7. The van der Waals surface area contributed by atoms with Gasteiger partial charge in [0.1, 0.15) is 0 Å². The molecule has 5 fully saturated rings. The van der Waals surface area contributed by atoms with Crippen molar-refractivity contribution >= 4 is 5.91 Å². The minimum absolute atomic E-state index is 0.230. The summed E-state index contributed by atoms with van der Waals surface area (Å²) in [7, 11) is 0. The van der Waals surface area contributed by atoms with Gasteiger partial charge in [-0.3, -0.25) is 4.79 Å². The number of carbonyl (C=O) groups is 1. The summed E-state index contributed by atoms with van der Waals surface area (Å²) >= 11 is 0. The first kappa shape index (κ1) is 13.1. The number of hydrogen-bond acceptors (Lipinski definition) is 3. The molecule has 4 heteroatoms. The lowest BCUT2D eigenvalue weighted by Crippen LogP contribution is -2.48. The Bertz CT molecular complexity index is 367. The molecule has 1 amide bonds. The molecule has 3 saturated heterocycles. The molecule has 0 aromatic rings. The summed E-state index contributed by atoms with van der Waals surface area (Å²) in [6.45, 7) is 3.39. The monoisotopic (exact) mass is 278 g/mol. The van der Waals surface area contributed by atoms with Crippen LogP contribution in [0.15, 0.2) is 0 Å². The lowest BCUT2D eigenvalue weighted by atomic mass is 9.68. The van der Waals surface area contributed by atoms with E-state index >= 15 is 0 Å². The van der Waals surface area contributed by atoms with Crippen LogP contribution in [0.3, 0.4) is 0 Å². The molecule has 3 atom stereocenters. The van der Waals surface area contributed by atoms with Crippen LogP contribution in [0.25, 0.3) is 0 Å². The van der Waals surface area contributed by atoms with Crippen LogP contribution in [-0.4, -0.2) is 49.2 Å². The number of hydrogen-bond donors (Lipinski definition) is 1. The van der Waals surface area contributed by atoms with Gasteiger partial charge in [0.05, 0.1) is 13.2 Å². The molecule has 5 rings (SSSR count). The molecule has 0 aromatic carbocycles. The van der Waals surface area contributed by atoms with Gasteiger partial charge in [-0.1, -0.05) is 0 Å². The van der Waals surface area contributed by atoms with Crippen LogP contribution in [0.2, 0.25) is 0 Å². The number of morpholine rings is 1. The molecule has 0 aromatic heterocycles. The number of fused-ring (bicyclic) bond motifs is 1. The van der Waals surface area contributed by atoms with Crippen molar-refractivity contribution in [3.05, 3.63) is 0 Å². The molecule has 3 aliphatic heterocycles. The number of ether oxygens (including phenoxy) is 1. The summed E-state index contributed by atoms with van der Waals surface area (Å²) in [5.74, 6) is 2.97. The molecule has 3 unspecified atom stereocenters. The molecule has 1 N–H and O–H groups in total. The zero-order valence-electron chi connectivity index (χ0n) is 12.2. The van der Waals surface area contributed by atoms with Gasteiger partial charge in [0.15, 0.2) is 0 Å². The normalized spacial score (nSPS) is 43.6. The van der Waals surface area contributed by atoms with Gasteiger partial charge in [-0.2, -0.15) is 0 Å². The Hall–Kier alpha value is -0.610. The largest absolute Gasteiger partial charge is 0.378 e. The third kappa shape index (κ3) is 2.48. The molecule has 112 valence electrons. The standard InChI is InChI=1S/C16H26N2O2/c19-16(8-14-10-20-2-1-17-14)18-9-13-4-11-3-12(5-13)7-15(18)6-11/h11-15,17H,1-10H2. The van der Waals surface area contributed by atoms with Crippen LogP contribution >= 0.6 is 0 Å². The zero-order valence-corrected chi connectivity index (χ0v) is 12.2. The first-order valence-corrected chi connectivity index (χ1v) is 8.38. The third-order valence-electron chi connectivity index (χ3n) is 5.85. The predicted octanol–water partition coefficient (Wildman–Crippen LogP) is 1.40. The van der Waals surface area contributed by atoms with Crippen LogP contribution in [-0.2, 0) is 9.53 Å². The van der Waals surface area contributed by atoms with E-state index in [9.17, 15) is 4.79 Å². The maximum Gasteiger partial charge on any atom is 0.224 e. The van der Waals surface area contributed by atoms with Gasteiger partial charge in [0.25, 0.3) is 0 Å². The van der Waals surface area contributed by atoms with Crippen molar-refractivity contribution in [2.75, 3.05) is 26.3 Å². The van der Waals surface area contributed by atoms with Gasteiger partial charge in [-0.15, -0.1) is 0 Å². The van der Waals surface area contributed by atoms with Gasteiger partial charge in [-0.25, -0.2) is 0 Å². The predicted molar refractivity (Wildman–Crippen MR) is 76.3 cm³/mol. The molecule has 0 radical (unpaired) electrons. The van der Waals surface area contributed by atoms with Gasteiger partial charge in [0, 0.05) is 31.6 Å². The van der Waals surface area contributed by atoms with E-state index in [1.165, 1.54) is 32.1 Å². The Morgan fingerprint density at radius 2 is 1.85 bits per heavy atom. The number of nitrogens with one attached hydrogen (secondary N) is 1. The Morgan fingerprint density at radius 3 is 2.55 bits per heavy atom. The fraction of sp³-hybridized carbons (Fsp3) is 0.938. The number of rotatable bonds is 2. The highest BCUT2D eigenvalue weighted by atomic mass is 16.5. The summed E-state index contributed by atoms with van der Waals surface area (Å²) in [6, 6.07) is 0.775. The molecule has 2 saturated carbocycles. The van der Waals surface area contributed by atoms with E-state index in [1.54, 1.807) is 0 Å². The molecule has 5 aliphatic rings. The molecule has 20 heavy (non-hydrogen) atoms. The number of nitrogens with zero attached hydrogens (tertiary/aromatic N) is 1. The van der Waals surface area contributed by atoms with Gasteiger partial charge >= 0.3 is 0 Å². The van der Waals surface area contributed by atoms with E-state index < -0.39 is 0 Å². The fourth-order valence-corrected chi connectivity index (χ4v) is 5.17. The molecule has 4 nitrogen and oxygen atoms in total. The van der Waals surface area contributed by atoms with E-state index in [4.69, 9.17) is 4.74 Å². The maximum atomic E-state index is 12.7. The van der Waals surface area contributed by atoms with E-state index in [0.717, 1.165) is 37.5 Å². The Morgan fingerprint density at radius 1 is 1.10 bits per heavy atom. The number of amides is 1. The fourth-order valence-electron chi connectivity index (χ4n) is 5.17. The lowest BCUT2D eigenvalue weighted by Gasteiger charge is -2.39. The first-order valence-electron chi connectivity index (χ1n) is 8.38. The summed E-state index contributed by atoms with van der Waals surface area (Å²) in [6.07, 6.45) is 7.36. The van der Waals surface area contributed by atoms with Crippen molar-refractivity contribution in [3.8, 4) is 0 Å². The van der Waals surface area contributed by atoms with Crippen molar-refractivity contribution in [2.45, 2.75) is 50.6 Å². The number of carbonyl (C=O) groups excluding carboxylic acids is 1. The van der Waals surface area contributed by atoms with Crippen LogP contribution in [0.1, 0.15) is 38.5 Å². The molecule has 2 aliphatic carbocycles. The van der Waals surface area contributed by atoms with Gasteiger partial charge < -0.3 is 15.0 Å². The SMILES string of the molecule is O=C(CC1COCCN1)N1CC2CC3CC(C2)CC1C3. The Kier molecular flexibility index (Phi) is 3.47. The van der Waals surface area contributed by atoms with Crippen LogP contribution < -0.4 is 5.32 Å². The second kappa shape index (κ2) is 5.30. The van der Waals surface area contributed by atoms with E-state index in [-0.39, 0.29) is 6.04 Å². The minimum atomic E-state index is 0.230. The first-order chi connectivity index (χ1) is 9.78. The second-order valence-electron chi connectivity index (χ2n) is 7.41. The third-order valence-corrected chi connectivity index (χ3v) is 5.85. The Labute approximate surface area is 121 Å². The smallest absolute Gasteiger partial charge is 0.224 e. The van der Waals surface area contributed by atoms with Crippen LogP contribution in [0.5, 0.6) is 0 Å². The van der Waals surface area contributed by atoms with Crippen molar-refractivity contribution in [3.63, 3.8) is 0 Å². The molecular formula is C16H26N2O2. The summed E-state index contributed by atoms with van der Waals surface area (Å²) < 4.78 is 5.47. The molecule has 4 bridgehead atoms. The topological polar surface area (TPSA) is 41.6 Å². The summed E-state index contributed by atoms with van der Waals surface area (Å²) in [5.41, 5.74) is 0. The lowest BCUT2D eigenvalue weighted by molar-refractivity contribution is -0.135. The van der Waals surface area contributed by atoms with Crippen LogP contribution in [0.4, 0.5) is 0 Å². The summed E-state index contributed by atoms with van der Waals surface area (Å²) in [4.78, 5) is 15.0. The molecule has 3 heterocycles. The second-order valence-corrected chi connectivity index (χ2v) is 7.41. The molecule has 0 spiro atoms. The quantitative estimate of drug-likeness (QED) is 0.830.